The molecular weight excluding hydrogens is 452 g/mol. The van der Waals surface area contributed by atoms with Crippen molar-refractivity contribution in [3.05, 3.63) is 105 Å². The van der Waals surface area contributed by atoms with Crippen LogP contribution in [0.15, 0.2) is 70.1 Å². The van der Waals surface area contributed by atoms with Crippen LogP contribution in [0.1, 0.15) is 64.7 Å². The van der Waals surface area contributed by atoms with E-state index in [4.69, 9.17) is 9.15 Å². The quantitative estimate of drug-likeness (QED) is 0.324. The maximum Gasteiger partial charge on any atom is 0.291 e. The van der Waals surface area contributed by atoms with Crippen LogP contribution in [0.25, 0.3) is 11.0 Å². The first-order chi connectivity index (χ1) is 17.3. The molecule has 184 valence electrons. The van der Waals surface area contributed by atoms with Gasteiger partial charge in [0, 0.05) is 18.9 Å². The Morgan fingerprint density at radius 2 is 1.92 bits per heavy atom. The molecule has 6 nitrogen and oxygen atoms in total. The number of amides is 1. The van der Waals surface area contributed by atoms with Crippen molar-refractivity contribution >= 4 is 16.9 Å². The Labute approximate surface area is 210 Å². The third-order valence-corrected chi connectivity index (χ3v) is 6.61. The van der Waals surface area contributed by atoms with Crippen LogP contribution in [0, 0.1) is 19.8 Å². The first kappa shape index (κ1) is 23.8. The van der Waals surface area contributed by atoms with Crippen molar-refractivity contribution in [3.8, 4) is 5.75 Å². The number of fused-ring (bicyclic) bond motifs is 2. The van der Waals surface area contributed by atoms with Crippen LogP contribution in [-0.4, -0.2) is 22.4 Å². The van der Waals surface area contributed by atoms with Gasteiger partial charge in [0.1, 0.15) is 11.3 Å². The Hall–Kier alpha value is -3.93. The summed E-state index contributed by atoms with van der Waals surface area (Å²) in [6, 6.07) is 14.6. The normalized spacial score (nSPS) is 15.1. The highest BCUT2D eigenvalue weighted by Crippen LogP contribution is 2.40. The largest absolute Gasteiger partial charge is 0.494 e. The maximum atomic E-state index is 13.9. The summed E-state index contributed by atoms with van der Waals surface area (Å²) in [4.78, 5) is 33.5. The molecule has 1 aliphatic rings. The lowest BCUT2D eigenvalue weighted by Crippen LogP contribution is -2.29. The molecule has 6 heteroatoms. The molecule has 1 aliphatic heterocycles. The summed E-state index contributed by atoms with van der Waals surface area (Å²) in [5.74, 6) is 1.06. The Kier molecular flexibility index (Phi) is 6.35. The van der Waals surface area contributed by atoms with Gasteiger partial charge >= 0.3 is 0 Å². The number of aromatic nitrogens is 1. The van der Waals surface area contributed by atoms with Crippen molar-refractivity contribution in [1.29, 1.82) is 0 Å². The number of rotatable bonds is 7. The highest BCUT2D eigenvalue weighted by Gasteiger charge is 2.43. The second kappa shape index (κ2) is 9.61. The fourth-order valence-electron chi connectivity index (χ4n) is 4.86. The van der Waals surface area contributed by atoms with Crippen molar-refractivity contribution in [2.45, 2.75) is 46.7 Å². The molecule has 0 radical (unpaired) electrons. The number of ether oxygens (including phenoxy) is 1. The first-order valence-corrected chi connectivity index (χ1v) is 12.3. The predicted octanol–water partition coefficient (Wildman–Crippen LogP) is 5.98. The number of hydrogen-bond donors (Lipinski definition) is 0. The summed E-state index contributed by atoms with van der Waals surface area (Å²) in [5.41, 5.74) is 4.16. The molecule has 3 heterocycles. The molecule has 0 fully saturated rings. The third-order valence-electron chi connectivity index (χ3n) is 6.61. The molecule has 2 aromatic carbocycles. The van der Waals surface area contributed by atoms with Crippen LogP contribution in [0.3, 0.4) is 0 Å². The Bertz CT molecular complexity index is 1490. The van der Waals surface area contributed by atoms with E-state index in [9.17, 15) is 9.59 Å². The number of pyridine rings is 1. The molecule has 2 aromatic heterocycles. The number of aryl methyl sites for hydroxylation is 2. The third kappa shape index (κ3) is 4.39. The van der Waals surface area contributed by atoms with Gasteiger partial charge in [0.25, 0.3) is 5.91 Å². The molecule has 0 N–H and O–H groups in total. The second-order valence-electron chi connectivity index (χ2n) is 9.93. The standard InChI is InChI=1S/C30H30N2O4/c1-18(2)10-12-35-23-9-5-8-22(15-23)26-25-27(33)24-14-19(3)13-20(4)28(24)36-29(25)30(34)32(26)17-21-7-6-11-31-16-21/h5-9,11,13-16,18,26H,10,12,17H2,1-4H3/t26-/m0/s1. The molecule has 1 atom stereocenters. The van der Waals surface area contributed by atoms with Crippen LogP contribution in [0.4, 0.5) is 0 Å². The van der Waals surface area contributed by atoms with E-state index < -0.39 is 6.04 Å². The maximum absolute atomic E-state index is 13.9. The molecule has 4 aromatic rings. The average molecular weight is 483 g/mol. The van der Waals surface area contributed by atoms with E-state index in [1.807, 2.05) is 62.4 Å². The van der Waals surface area contributed by atoms with Crippen molar-refractivity contribution in [2.24, 2.45) is 5.92 Å². The highest BCUT2D eigenvalue weighted by atomic mass is 16.5. The van der Waals surface area contributed by atoms with Crippen LogP contribution in [0.5, 0.6) is 5.75 Å². The molecule has 5 rings (SSSR count). The molecule has 0 saturated heterocycles. The van der Waals surface area contributed by atoms with Gasteiger partial charge in [-0.1, -0.05) is 38.1 Å². The number of hydrogen-bond acceptors (Lipinski definition) is 5. The summed E-state index contributed by atoms with van der Waals surface area (Å²) in [5, 5.41) is 0.497. The minimum Gasteiger partial charge on any atom is -0.494 e. The molecular formula is C30H30N2O4. The Balaban J connectivity index is 1.65. The van der Waals surface area contributed by atoms with Gasteiger partial charge in [-0.15, -0.1) is 0 Å². The van der Waals surface area contributed by atoms with Crippen molar-refractivity contribution in [2.75, 3.05) is 6.61 Å². The van der Waals surface area contributed by atoms with E-state index >= 15 is 0 Å². The van der Waals surface area contributed by atoms with E-state index in [0.29, 0.717) is 41.4 Å². The van der Waals surface area contributed by atoms with Crippen LogP contribution < -0.4 is 10.2 Å². The van der Waals surface area contributed by atoms with E-state index in [1.165, 1.54) is 0 Å². The number of carbonyl (C=O) groups is 1. The summed E-state index contributed by atoms with van der Waals surface area (Å²) >= 11 is 0. The lowest BCUT2D eigenvalue weighted by atomic mass is 9.97. The van der Waals surface area contributed by atoms with Crippen LogP contribution in [0.2, 0.25) is 0 Å². The minimum atomic E-state index is -0.595. The van der Waals surface area contributed by atoms with Gasteiger partial charge < -0.3 is 14.1 Å². The van der Waals surface area contributed by atoms with Gasteiger partial charge in [0.05, 0.1) is 23.6 Å². The monoisotopic (exact) mass is 482 g/mol. The Morgan fingerprint density at radius 3 is 2.67 bits per heavy atom. The van der Waals surface area contributed by atoms with Crippen molar-refractivity contribution in [3.63, 3.8) is 0 Å². The summed E-state index contributed by atoms with van der Waals surface area (Å²) in [6.07, 6.45) is 4.37. The van der Waals surface area contributed by atoms with E-state index in [2.05, 4.69) is 18.8 Å². The first-order valence-electron chi connectivity index (χ1n) is 12.3. The zero-order valence-corrected chi connectivity index (χ0v) is 21.1. The molecule has 0 spiro atoms. The highest BCUT2D eigenvalue weighted by molar-refractivity contribution is 5.99. The number of benzene rings is 2. The molecule has 0 aliphatic carbocycles. The van der Waals surface area contributed by atoms with Crippen LogP contribution in [-0.2, 0) is 6.54 Å². The number of nitrogens with zero attached hydrogens (tertiary/aromatic N) is 2. The van der Waals surface area contributed by atoms with Gasteiger partial charge in [-0.3, -0.25) is 14.6 Å². The van der Waals surface area contributed by atoms with Gasteiger partial charge in [0.2, 0.25) is 5.76 Å². The second-order valence-corrected chi connectivity index (χ2v) is 9.93. The zero-order chi connectivity index (χ0) is 25.4. The van der Waals surface area contributed by atoms with Gasteiger partial charge in [-0.25, -0.2) is 0 Å². The zero-order valence-electron chi connectivity index (χ0n) is 21.1. The van der Waals surface area contributed by atoms with Gasteiger partial charge in [-0.05, 0) is 72.7 Å². The number of carbonyl (C=O) groups excluding carboxylic acids is 1. The van der Waals surface area contributed by atoms with Gasteiger partial charge in [-0.2, -0.15) is 0 Å². The lowest BCUT2D eigenvalue weighted by Gasteiger charge is -2.25. The Morgan fingerprint density at radius 1 is 1.08 bits per heavy atom. The lowest BCUT2D eigenvalue weighted by molar-refractivity contribution is 0.0714. The minimum absolute atomic E-state index is 0.111. The molecule has 0 unspecified atom stereocenters. The van der Waals surface area contributed by atoms with E-state index in [-0.39, 0.29) is 17.1 Å². The molecule has 0 bridgehead atoms. The van der Waals surface area contributed by atoms with E-state index in [1.54, 1.807) is 17.3 Å². The SMILES string of the molecule is Cc1cc(C)c2oc3c(c(=O)c2c1)[C@H](c1cccc(OCCC(C)C)c1)N(Cc1cccnc1)C3=O. The molecule has 1 amide bonds. The van der Waals surface area contributed by atoms with E-state index in [0.717, 1.165) is 28.7 Å². The summed E-state index contributed by atoms with van der Waals surface area (Å²) in [6.45, 7) is 9.07. The fraction of sp³-hybridized carbons (Fsp3) is 0.300. The van der Waals surface area contributed by atoms with Crippen LogP contribution >= 0.6 is 0 Å². The molecule has 36 heavy (non-hydrogen) atoms. The topological polar surface area (TPSA) is 72.6 Å². The van der Waals surface area contributed by atoms with Crippen molar-refractivity contribution in [1.82, 2.24) is 9.88 Å². The van der Waals surface area contributed by atoms with Gasteiger partial charge in [0.15, 0.2) is 5.43 Å². The fourth-order valence-corrected chi connectivity index (χ4v) is 4.86. The summed E-state index contributed by atoms with van der Waals surface area (Å²) < 4.78 is 12.2. The summed E-state index contributed by atoms with van der Waals surface area (Å²) in [7, 11) is 0. The molecule has 0 saturated carbocycles. The predicted molar refractivity (Wildman–Crippen MR) is 139 cm³/mol. The average Bonchev–Trinajstić information content (AvgIpc) is 3.12. The smallest absolute Gasteiger partial charge is 0.291 e. The van der Waals surface area contributed by atoms with Crippen molar-refractivity contribution < 1.29 is 13.9 Å².